The lowest BCUT2D eigenvalue weighted by atomic mass is 10.2. The molecule has 1 aromatic heterocycles. The third-order valence-corrected chi connectivity index (χ3v) is 1.86. The largest absolute Gasteiger partial charge is 0.372 e. The molecule has 2 rings (SSSR count). The van der Waals surface area contributed by atoms with Crippen LogP contribution in [0.1, 0.15) is 24.6 Å². The quantitative estimate of drug-likeness (QED) is 0.605. The van der Waals surface area contributed by atoms with Crippen LogP contribution in [0.5, 0.6) is 0 Å². The van der Waals surface area contributed by atoms with Crippen molar-refractivity contribution in [2.24, 2.45) is 0 Å². The van der Waals surface area contributed by atoms with Crippen LogP contribution in [0.2, 0.25) is 0 Å². The van der Waals surface area contributed by atoms with Crippen molar-refractivity contribution in [3.63, 3.8) is 0 Å². The van der Waals surface area contributed by atoms with Crippen LogP contribution in [0.4, 0.5) is 0 Å². The molecule has 1 fully saturated rings. The summed E-state index contributed by atoms with van der Waals surface area (Å²) in [6, 6.07) is 1.91. The Hall–Kier alpha value is -0.960. The molecule has 0 N–H and O–H groups in total. The molecule has 1 saturated heterocycles. The Morgan fingerprint density at radius 3 is 3.18 bits per heavy atom. The van der Waals surface area contributed by atoms with Gasteiger partial charge < -0.3 is 4.74 Å². The summed E-state index contributed by atoms with van der Waals surface area (Å²) in [4.78, 5) is 7.97. The number of hydrogen-bond donors (Lipinski definition) is 0. The van der Waals surface area contributed by atoms with Gasteiger partial charge in [-0.2, -0.15) is 0 Å². The Balaban J connectivity index is 2.16. The molecule has 11 heavy (non-hydrogen) atoms. The van der Waals surface area contributed by atoms with E-state index in [-0.39, 0.29) is 6.10 Å². The van der Waals surface area contributed by atoms with Crippen LogP contribution in [0.3, 0.4) is 0 Å². The number of hydrogen-bond acceptors (Lipinski definition) is 3. The van der Waals surface area contributed by atoms with Crippen molar-refractivity contribution in [2.45, 2.75) is 18.9 Å². The van der Waals surface area contributed by atoms with Crippen LogP contribution in [0.15, 0.2) is 18.6 Å². The maximum atomic E-state index is 5.45. The van der Waals surface area contributed by atoms with E-state index in [2.05, 4.69) is 9.97 Å². The van der Waals surface area contributed by atoms with E-state index in [9.17, 15) is 0 Å². The standard InChI is InChI=1S/C8H10N2O/c1-2-8(11-5-1)7-3-4-9-6-10-7/h3-4,6,8H,1-2,5H2. The molecule has 1 atom stereocenters. The molecule has 1 aliphatic rings. The van der Waals surface area contributed by atoms with Gasteiger partial charge in [0.15, 0.2) is 0 Å². The third kappa shape index (κ3) is 1.38. The van der Waals surface area contributed by atoms with Crippen LogP contribution in [0.25, 0.3) is 0 Å². The van der Waals surface area contributed by atoms with E-state index >= 15 is 0 Å². The fourth-order valence-corrected chi connectivity index (χ4v) is 1.30. The normalized spacial score (nSPS) is 23.8. The topological polar surface area (TPSA) is 35.0 Å². The van der Waals surface area contributed by atoms with Gasteiger partial charge in [-0.05, 0) is 18.9 Å². The molecule has 58 valence electrons. The Morgan fingerprint density at radius 2 is 2.55 bits per heavy atom. The second kappa shape index (κ2) is 2.96. The molecular formula is C8H10N2O. The smallest absolute Gasteiger partial charge is 0.115 e. The van der Waals surface area contributed by atoms with E-state index in [0.717, 1.165) is 25.1 Å². The molecular weight excluding hydrogens is 140 g/mol. The SMILES string of the molecule is c1cc(C2CCCO2)ncn1. The molecule has 0 aliphatic carbocycles. The van der Waals surface area contributed by atoms with Gasteiger partial charge in [0.2, 0.25) is 0 Å². The van der Waals surface area contributed by atoms with Crippen molar-refractivity contribution in [3.8, 4) is 0 Å². The average Bonchev–Trinajstić information content (AvgIpc) is 2.58. The Labute approximate surface area is 65.4 Å². The minimum Gasteiger partial charge on any atom is -0.372 e. The van der Waals surface area contributed by atoms with Crippen LogP contribution in [-0.2, 0) is 4.74 Å². The van der Waals surface area contributed by atoms with Crippen molar-refractivity contribution >= 4 is 0 Å². The predicted octanol–water partition coefficient (Wildman–Crippen LogP) is 1.33. The first-order valence-corrected chi connectivity index (χ1v) is 3.84. The van der Waals surface area contributed by atoms with Gasteiger partial charge >= 0.3 is 0 Å². The van der Waals surface area contributed by atoms with Crippen LogP contribution in [0, 0.1) is 0 Å². The molecule has 1 aliphatic heterocycles. The lowest BCUT2D eigenvalue weighted by molar-refractivity contribution is 0.108. The van der Waals surface area contributed by atoms with Gasteiger partial charge in [-0.1, -0.05) is 0 Å². The molecule has 0 aromatic carbocycles. The molecule has 0 saturated carbocycles. The van der Waals surface area contributed by atoms with Gasteiger partial charge in [-0.3, -0.25) is 0 Å². The second-order valence-corrected chi connectivity index (χ2v) is 2.64. The molecule has 0 bridgehead atoms. The van der Waals surface area contributed by atoms with Gasteiger partial charge in [0.1, 0.15) is 6.33 Å². The Morgan fingerprint density at radius 1 is 1.55 bits per heavy atom. The predicted molar refractivity (Wildman–Crippen MR) is 40.0 cm³/mol. The molecule has 2 heterocycles. The van der Waals surface area contributed by atoms with E-state index in [1.54, 1.807) is 12.5 Å². The highest BCUT2D eigenvalue weighted by atomic mass is 16.5. The summed E-state index contributed by atoms with van der Waals surface area (Å²) in [5, 5.41) is 0. The average molecular weight is 150 g/mol. The zero-order chi connectivity index (χ0) is 7.52. The molecule has 0 radical (unpaired) electrons. The molecule has 0 spiro atoms. The molecule has 1 aromatic rings. The van der Waals surface area contributed by atoms with Crippen LogP contribution in [-0.4, -0.2) is 16.6 Å². The maximum Gasteiger partial charge on any atom is 0.115 e. The monoisotopic (exact) mass is 150 g/mol. The summed E-state index contributed by atoms with van der Waals surface area (Å²) in [5.74, 6) is 0. The summed E-state index contributed by atoms with van der Waals surface area (Å²) < 4.78 is 5.45. The van der Waals surface area contributed by atoms with E-state index in [1.165, 1.54) is 0 Å². The van der Waals surface area contributed by atoms with E-state index in [0.29, 0.717) is 0 Å². The highest BCUT2D eigenvalue weighted by molar-refractivity contribution is 5.03. The molecule has 0 amide bonds. The zero-order valence-electron chi connectivity index (χ0n) is 6.23. The van der Waals surface area contributed by atoms with E-state index in [1.807, 2.05) is 6.07 Å². The van der Waals surface area contributed by atoms with Gasteiger partial charge in [-0.15, -0.1) is 0 Å². The molecule has 1 unspecified atom stereocenters. The van der Waals surface area contributed by atoms with Gasteiger partial charge in [0.05, 0.1) is 11.8 Å². The highest BCUT2D eigenvalue weighted by Gasteiger charge is 2.17. The first-order valence-electron chi connectivity index (χ1n) is 3.84. The molecule has 3 heteroatoms. The number of nitrogens with zero attached hydrogens (tertiary/aromatic N) is 2. The van der Waals surface area contributed by atoms with E-state index in [4.69, 9.17) is 4.74 Å². The minimum atomic E-state index is 0.220. The first-order chi connectivity index (χ1) is 5.47. The summed E-state index contributed by atoms with van der Waals surface area (Å²) in [6.45, 7) is 0.870. The fraction of sp³-hybridized carbons (Fsp3) is 0.500. The number of ether oxygens (including phenoxy) is 1. The van der Waals surface area contributed by atoms with Crippen molar-refractivity contribution in [1.29, 1.82) is 0 Å². The second-order valence-electron chi connectivity index (χ2n) is 2.64. The van der Waals surface area contributed by atoms with Gasteiger partial charge in [0, 0.05) is 12.8 Å². The van der Waals surface area contributed by atoms with Crippen LogP contribution >= 0.6 is 0 Å². The Kier molecular flexibility index (Phi) is 1.81. The fourth-order valence-electron chi connectivity index (χ4n) is 1.30. The summed E-state index contributed by atoms with van der Waals surface area (Å²) in [5.41, 5.74) is 1.01. The van der Waals surface area contributed by atoms with E-state index < -0.39 is 0 Å². The van der Waals surface area contributed by atoms with Crippen molar-refractivity contribution in [2.75, 3.05) is 6.61 Å². The minimum absolute atomic E-state index is 0.220. The van der Waals surface area contributed by atoms with Crippen molar-refractivity contribution in [1.82, 2.24) is 9.97 Å². The van der Waals surface area contributed by atoms with Crippen molar-refractivity contribution in [3.05, 3.63) is 24.3 Å². The summed E-state index contributed by atoms with van der Waals surface area (Å²) >= 11 is 0. The van der Waals surface area contributed by atoms with Gasteiger partial charge in [0.25, 0.3) is 0 Å². The maximum absolute atomic E-state index is 5.45. The summed E-state index contributed by atoms with van der Waals surface area (Å²) in [6.07, 6.45) is 5.78. The van der Waals surface area contributed by atoms with Gasteiger partial charge in [-0.25, -0.2) is 9.97 Å². The van der Waals surface area contributed by atoms with Crippen LogP contribution < -0.4 is 0 Å². The highest BCUT2D eigenvalue weighted by Crippen LogP contribution is 2.25. The lowest BCUT2D eigenvalue weighted by Gasteiger charge is -2.06. The number of rotatable bonds is 1. The Bertz CT molecular complexity index is 219. The molecule has 3 nitrogen and oxygen atoms in total. The number of aromatic nitrogens is 2. The third-order valence-electron chi connectivity index (χ3n) is 1.86. The summed E-state index contributed by atoms with van der Waals surface area (Å²) in [7, 11) is 0. The van der Waals surface area contributed by atoms with Crippen molar-refractivity contribution < 1.29 is 4.74 Å². The zero-order valence-corrected chi connectivity index (χ0v) is 6.23. The first kappa shape index (κ1) is 6.73. The lowest BCUT2D eigenvalue weighted by Crippen LogP contribution is -1.98.